The first kappa shape index (κ1) is 17.4. The van der Waals surface area contributed by atoms with Crippen LogP contribution in [0.2, 0.25) is 0 Å². The Morgan fingerprint density at radius 2 is 1.83 bits per heavy atom. The first-order valence-electron chi connectivity index (χ1n) is 5.69. The van der Waals surface area contributed by atoms with Crippen LogP contribution in [-0.2, 0) is 10.0 Å². The zero-order valence-corrected chi connectivity index (χ0v) is 12.6. The van der Waals surface area contributed by atoms with Crippen LogP contribution in [0.1, 0.15) is 17.5 Å². The molecule has 1 aromatic carbocycles. The van der Waals surface area contributed by atoms with Gasteiger partial charge in [0.25, 0.3) is 0 Å². The van der Waals surface area contributed by atoms with E-state index in [1.54, 1.807) is 6.07 Å². The van der Waals surface area contributed by atoms with Crippen molar-refractivity contribution in [2.24, 2.45) is 0 Å². The van der Waals surface area contributed by atoms with E-state index in [0.29, 0.717) is 11.4 Å². The van der Waals surface area contributed by atoms with Crippen molar-refractivity contribution in [2.45, 2.75) is 25.2 Å². The average Bonchev–Trinajstić information content (AvgIpc) is 2.28. The van der Waals surface area contributed by atoms with E-state index in [1.807, 2.05) is 33.0 Å². The Balaban J connectivity index is 0.00000289. The quantitative estimate of drug-likeness (QED) is 0.783. The van der Waals surface area contributed by atoms with Gasteiger partial charge in [-0.05, 0) is 51.1 Å². The van der Waals surface area contributed by atoms with E-state index in [2.05, 4.69) is 10.0 Å². The lowest BCUT2D eigenvalue weighted by Gasteiger charge is -2.10. The molecule has 0 saturated carbocycles. The third-order valence-corrected chi connectivity index (χ3v) is 4.13. The Labute approximate surface area is 116 Å². The van der Waals surface area contributed by atoms with Gasteiger partial charge in [0.05, 0.1) is 4.90 Å². The molecule has 18 heavy (non-hydrogen) atoms. The van der Waals surface area contributed by atoms with Crippen molar-refractivity contribution in [1.29, 1.82) is 0 Å². The third kappa shape index (κ3) is 4.94. The second-order valence-corrected chi connectivity index (χ2v) is 5.86. The standard InChI is InChI=1S/C12H20N2O2S.ClH/c1-10-5-6-11(2)12(9-10)17(15,16)14-8-4-7-13-3;/h5-6,9,13-14H,4,7-8H2,1-3H3;1H. The summed E-state index contributed by atoms with van der Waals surface area (Å²) < 4.78 is 26.7. The summed E-state index contributed by atoms with van der Waals surface area (Å²) in [4.78, 5) is 0.377. The second kappa shape index (κ2) is 7.74. The van der Waals surface area contributed by atoms with E-state index in [-0.39, 0.29) is 12.4 Å². The fraction of sp³-hybridized carbons (Fsp3) is 0.500. The fourth-order valence-electron chi connectivity index (χ4n) is 1.55. The lowest BCUT2D eigenvalue weighted by atomic mass is 10.2. The van der Waals surface area contributed by atoms with Crippen molar-refractivity contribution in [3.05, 3.63) is 29.3 Å². The predicted molar refractivity (Wildman–Crippen MR) is 76.9 cm³/mol. The molecule has 0 atom stereocenters. The zero-order valence-electron chi connectivity index (χ0n) is 11.0. The molecule has 0 aromatic heterocycles. The molecule has 0 unspecified atom stereocenters. The summed E-state index contributed by atoms with van der Waals surface area (Å²) in [5.41, 5.74) is 1.72. The van der Waals surface area contributed by atoms with E-state index in [1.165, 1.54) is 0 Å². The molecule has 104 valence electrons. The number of aryl methyl sites for hydroxylation is 2. The summed E-state index contributed by atoms with van der Waals surface area (Å²) >= 11 is 0. The molecule has 0 aliphatic carbocycles. The highest BCUT2D eigenvalue weighted by atomic mass is 35.5. The van der Waals surface area contributed by atoms with Crippen LogP contribution in [-0.4, -0.2) is 28.6 Å². The highest BCUT2D eigenvalue weighted by molar-refractivity contribution is 7.89. The molecule has 1 aromatic rings. The maximum Gasteiger partial charge on any atom is 0.240 e. The van der Waals surface area contributed by atoms with Crippen LogP contribution in [0, 0.1) is 13.8 Å². The van der Waals surface area contributed by atoms with Gasteiger partial charge in [-0.3, -0.25) is 0 Å². The van der Waals surface area contributed by atoms with Crippen LogP contribution in [0.3, 0.4) is 0 Å². The zero-order chi connectivity index (χ0) is 12.9. The van der Waals surface area contributed by atoms with E-state index in [0.717, 1.165) is 24.1 Å². The molecule has 0 heterocycles. The van der Waals surface area contributed by atoms with Gasteiger partial charge in [-0.25, -0.2) is 13.1 Å². The summed E-state index contributed by atoms with van der Waals surface area (Å²) in [6, 6.07) is 5.45. The third-order valence-electron chi connectivity index (χ3n) is 2.53. The van der Waals surface area contributed by atoms with Gasteiger partial charge in [0.1, 0.15) is 0 Å². The highest BCUT2D eigenvalue weighted by Gasteiger charge is 2.15. The normalized spacial score (nSPS) is 11.1. The largest absolute Gasteiger partial charge is 0.320 e. The lowest BCUT2D eigenvalue weighted by Crippen LogP contribution is -2.27. The van der Waals surface area contributed by atoms with Crippen LogP contribution < -0.4 is 10.0 Å². The summed E-state index contributed by atoms with van der Waals surface area (Å²) in [6.45, 7) is 4.95. The minimum atomic E-state index is -3.37. The summed E-state index contributed by atoms with van der Waals surface area (Å²) in [7, 11) is -1.53. The molecule has 0 aliphatic heterocycles. The maximum absolute atomic E-state index is 12.0. The van der Waals surface area contributed by atoms with E-state index < -0.39 is 10.0 Å². The molecule has 6 heteroatoms. The van der Waals surface area contributed by atoms with E-state index in [9.17, 15) is 8.42 Å². The SMILES string of the molecule is CNCCCNS(=O)(=O)c1cc(C)ccc1C.Cl. The molecule has 0 radical (unpaired) electrons. The number of hydrogen-bond acceptors (Lipinski definition) is 3. The smallest absolute Gasteiger partial charge is 0.240 e. The minimum absolute atomic E-state index is 0. The van der Waals surface area contributed by atoms with Crippen molar-refractivity contribution in [1.82, 2.24) is 10.0 Å². The van der Waals surface area contributed by atoms with Gasteiger partial charge >= 0.3 is 0 Å². The molecule has 0 aliphatic rings. The Morgan fingerprint density at radius 1 is 1.17 bits per heavy atom. The number of nitrogens with one attached hydrogen (secondary N) is 2. The average molecular weight is 293 g/mol. The van der Waals surface area contributed by atoms with Crippen LogP contribution in [0.25, 0.3) is 0 Å². The highest BCUT2D eigenvalue weighted by Crippen LogP contribution is 2.16. The Hall–Kier alpha value is -0.620. The van der Waals surface area contributed by atoms with Crippen LogP contribution in [0.4, 0.5) is 0 Å². The molecule has 4 nitrogen and oxygen atoms in total. The molecule has 1 rings (SSSR count). The Morgan fingerprint density at radius 3 is 2.44 bits per heavy atom. The molecule has 0 amide bonds. The van der Waals surface area contributed by atoms with Gasteiger partial charge in [0, 0.05) is 6.54 Å². The Kier molecular flexibility index (Phi) is 7.47. The molecular formula is C12H21ClN2O2S. The van der Waals surface area contributed by atoms with Gasteiger partial charge in [0.15, 0.2) is 0 Å². The Bertz CT molecular complexity index is 475. The monoisotopic (exact) mass is 292 g/mol. The summed E-state index contributed by atoms with van der Waals surface area (Å²) in [5, 5.41) is 2.98. The topological polar surface area (TPSA) is 58.2 Å². The van der Waals surface area contributed by atoms with Gasteiger partial charge in [-0.1, -0.05) is 12.1 Å². The summed E-state index contributed by atoms with van der Waals surface area (Å²) in [6.07, 6.45) is 0.778. The maximum atomic E-state index is 12.0. The van der Waals surface area contributed by atoms with E-state index in [4.69, 9.17) is 0 Å². The molecule has 0 fully saturated rings. The van der Waals surface area contributed by atoms with Gasteiger partial charge in [-0.2, -0.15) is 0 Å². The van der Waals surface area contributed by atoms with Crippen LogP contribution >= 0.6 is 12.4 Å². The van der Waals surface area contributed by atoms with Crippen molar-refractivity contribution in [2.75, 3.05) is 20.1 Å². The minimum Gasteiger partial charge on any atom is -0.320 e. The fourth-order valence-corrected chi connectivity index (χ4v) is 2.95. The van der Waals surface area contributed by atoms with Gasteiger partial charge in [0.2, 0.25) is 10.0 Å². The van der Waals surface area contributed by atoms with Gasteiger partial charge in [-0.15, -0.1) is 12.4 Å². The first-order chi connectivity index (χ1) is 7.97. The number of rotatable bonds is 6. The number of halogens is 1. The van der Waals surface area contributed by atoms with Crippen LogP contribution in [0.5, 0.6) is 0 Å². The van der Waals surface area contributed by atoms with Crippen molar-refractivity contribution < 1.29 is 8.42 Å². The first-order valence-corrected chi connectivity index (χ1v) is 7.17. The number of benzene rings is 1. The second-order valence-electron chi connectivity index (χ2n) is 4.12. The molecule has 2 N–H and O–H groups in total. The van der Waals surface area contributed by atoms with Crippen molar-refractivity contribution in [3.63, 3.8) is 0 Å². The van der Waals surface area contributed by atoms with Gasteiger partial charge < -0.3 is 5.32 Å². The molecule has 0 saturated heterocycles. The van der Waals surface area contributed by atoms with Crippen molar-refractivity contribution >= 4 is 22.4 Å². The predicted octanol–water partition coefficient (Wildman–Crippen LogP) is 1.61. The van der Waals surface area contributed by atoms with Crippen LogP contribution in [0.15, 0.2) is 23.1 Å². The summed E-state index contributed by atoms with van der Waals surface area (Å²) in [5.74, 6) is 0. The lowest BCUT2D eigenvalue weighted by molar-refractivity contribution is 0.576. The molecule has 0 bridgehead atoms. The number of hydrogen-bond donors (Lipinski definition) is 2. The molecule has 0 spiro atoms. The van der Waals surface area contributed by atoms with E-state index >= 15 is 0 Å². The van der Waals surface area contributed by atoms with Crippen molar-refractivity contribution in [3.8, 4) is 0 Å². The molecular weight excluding hydrogens is 272 g/mol. The number of sulfonamides is 1.